The zero-order valence-electron chi connectivity index (χ0n) is 16.3. The number of rotatable bonds is 5. The van der Waals surface area contributed by atoms with Gasteiger partial charge in [0.2, 0.25) is 5.91 Å². The molecule has 1 fully saturated rings. The zero-order valence-corrected chi connectivity index (χ0v) is 16.3. The van der Waals surface area contributed by atoms with Gasteiger partial charge in [0.05, 0.1) is 6.61 Å². The largest absolute Gasteiger partial charge is 0.494 e. The summed E-state index contributed by atoms with van der Waals surface area (Å²) in [7, 11) is 0. The smallest absolute Gasteiger partial charge is 0.325 e. The molecular weight excluding hydrogens is 354 g/mol. The third-order valence-corrected chi connectivity index (χ3v) is 5.36. The molecule has 4 rings (SSSR count). The number of hydrogen-bond acceptors (Lipinski definition) is 3. The first-order valence-corrected chi connectivity index (χ1v) is 9.77. The molecule has 28 heavy (non-hydrogen) atoms. The van der Waals surface area contributed by atoms with E-state index in [0.717, 1.165) is 23.5 Å². The van der Waals surface area contributed by atoms with Crippen LogP contribution in [0.25, 0.3) is 0 Å². The number of urea groups is 1. The lowest BCUT2D eigenvalue weighted by molar-refractivity contribution is -0.119. The van der Waals surface area contributed by atoms with Crippen LogP contribution in [0.2, 0.25) is 0 Å². The number of anilines is 2. The van der Waals surface area contributed by atoms with Crippen LogP contribution in [0.4, 0.5) is 16.2 Å². The zero-order chi connectivity index (χ0) is 19.7. The third-order valence-electron chi connectivity index (χ3n) is 5.36. The number of benzene rings is 2. The van der Waals surface area contributed by atoms with Crippen molar-refractivity contribution in [1.82, 2.24) is 4.90 Å². The molecule has 6 heteroatoms. The summed E-state index contributed by atoms with van der Waals surface area (Å²) in [6.45, 7) is 5.82. The predicted molar refractivity (Wildman–Crippen MR) is 109 cm³/mol. The molecule has 2 aliphatic rings. The first-order valence-electron chi connectivity index (χ1n) is 9.77. The van der Waals surface area contributed by atoms with Crippen LogP contribution in [0.3, 0.4) is 0 Å². The molecule has 1 unspecified atom stereocenters. The summed E-state index contributed by atoms with van der Waals surface area (Å²) in [4.78, 5) is 31.0. The maximum atomic E-state index is 13.0. The molecule has 3 amide bonds. The molecule has 0 aliphatic carbocycles. The van der Waals surface area contributed by atoms with Crippen LogP contribution < -0.4 is 14.5 Å². The van der Waals surface area contributed by atoms with E-state index in [1.54, 1.807) is 9.80 Å². The lowest BCUT2D eigenvalue weighted by atomic mass is 10.1. The molecule has 146 valence electrons. The van der Waals surface area contributed by atoms with Crippen LogP contribution in [0.5, 0.6) is 5.75 Å². The Bertz CT molecular complexity index is 881. The van der Waals surface area contributed by atoms with Crippen LogP contribution in [0.1, 0.15) is 19.4 Å². The number of nitrogens with zero attached hydrogens (tertiary/aromatic N) is 3. The molecule has 2 aromatic rings. The van der Waals surface area contributed by atoms with Gasteiger partial charge < -0.3 is 14.5 Å². The third kappa shape index (κ3) is 3.30. The molecular formula is C22H25N3O3. The fraction of sp³-hybridized carbons (Fsp3) is 0.364. The van der Waals surface area contributed by atoms with E-state index in [4.69, 9.17) is 4.74 Å². The highest BCUT2D eigenvalue weighted by molar-refractivity contribution is 6.01. The van der Waals surface area contributed by atoms with Crippen LogP contribution >= 0.6 is 0 Å². The van der Waals surface area contributed by atoms with Gasteiger partial charge in [0.25, 0.3) is 0 Å². The minimum atomic E-state index is -0.127. The fourth-order valence-electron chi connectivity index (χ4n) is 4.04. The van der Waals surface area contributed by atoms with E-state index in [2.05, 4.69) is 13.0 Å². The van der Waals surface area contributed by atoms with Gasteiger partial charge in [0.1, 0.15) is 12.3 Å². The topological polar surface area (TPSA) is 53.1 Å². The van der Waals surface area contributed by atoms with Gasteiger partial charge in [0.15, 0.2) is 0 Å². The van der Waals surface area contributed by atoms with Crippen molar-refractivity contribution in [2.75, 3.05) is 36.0 Å². The molecule has 0 saturated carbocycles. The normalized spacial score (nSPS) is 18.6. The predicted octanol–water partition coefficient (Wildman–Crippen LogP) is 3.31. The Balaban J connectivity index is 1.44. The number of fused-ring (bicyclic) bond motifs is 1. The van der Waals surface area contributed by atoms with Crippen molar-refractivity contribution in [3.8, 4) is 5.75 Å². The minimum absolute atomic E-state index is 0.0284. The summed E-state index contributed by atoms with van der Waals surface area (Å²) < 4.78 is 5.46. The molecule has 0 radical (unpaired) electrons. The summed E-state index contributed by atoms with van der Waals surface area (Å²) in [5.41, 5.74) is 2.98. The Morgan fingerprint density at radius 1 is 1.11 bits per heavy atom. The molecule has 2 heterocycles. The fourth-order valence-corrected chi connectivity index (χ4v) is 4.04. The quantitative estimate of drug-likeness (QED) is 0.801. The monoisotopic (exact) mass is 379 g/mol. The second-order valence-electron chi connectivity index (χ2n) is 7.23. The van der Waals surface area contributed by atoms with Gasteiger partial charge >= 0.3 is 6.03 Å². The van der Waals surface area contributed by atoms with E-state index in [-0.39, 0.29) is 24.5 Å². The SMILES string of the molecule is CCOc1ccc(N2CCN(CC(=O)N3c4ccccc4CC3C)C2=O)cc1. The Labute approximate surface area is 165 Å². The lowest BCUT2D eigenvalue weighted by Crippen LogP contribution is -2.44. The average Bonchev–Trinajstić information content (AvgIpc) is 3.22. The molecule has 1 atom stereocenters. The standard InChI is InChI=1S/C22H25N3O3/c1-3-28-19-10-8-18(9-11-19)24-13-12-23(22(24)27)15-21(26)25-16(2)14-17-6-4-5-7-20(17)25/h4-11,16H,3,12-15H2,1-2H3. The molecule has 0 N–H and O–H groups in total. The first kappa shape index (κ1) is 18.3. The number of carbonyl (C=O) groups excluding carboxylic acids is 2. The van der Waals surface area contributed by atoms with Gasteiger partial charge in [-0.1, -0.05) is 18.2 Å². The summed E-state index contributed by atoms with van der Waals surface area (Å²) >= 11 is 0. The molecule has 0 aromatic heterocycles. The molecule has 2 aliphatic heterocycles. The van der Waals surface area contributed by atoms with Crippen LogP contribution in [0, 0.1) is 0 Å². The molecule has 2 aromatic carbocycles. The number of para-hydroxylation sites is 1. The molecule has 0 spiro atoms. The van der Waals surface area contributed by atoms with Crippen LogP contribution in [0.15, 0.2) is 48.5 Å². The van der Waals surface area contributed by atoms with Crippen LogP contribution in [-0.4, -0.2) is 49.1 Å². The van der Waals surface area contributed by atoms with E-state index in [9.17, 15) is 9.59 Å². The van der Waals surface area contributed by atoms with Gasteiger partial charge in [-0.15, -0.1) is 0 Å². The summed E-state index contributed by atoms with van der Waals surface area (Å²) in [5, 5.41) is 0. The van der Waals surface area contributed by atoms with E-state index in [1.807, 2.05) is 54.3 Å². The maximum absolute atomic E-state index is 13.0. The summed E-state index contributed by atoms with van der Waals surface area (Å²) in [6.07, 6.45) is 0.855. The second kappa shape index (κ2) is 7.54. The number of hydrogen-bond donors (Lipinski definition) is 0. The van der Waals surface area contributed by atoms with Crippen LogP contribution in [-0.2, 0) is 11.2 Å². The van der Waals surface area contributed by atoms with Crippen molar-refractivity contribution >= 4 is 23.3 Å². The second-order valence-corrected chi connectivity index (χ2v) is 7.23. The maximum Gasteiger partial charge on any atom is 0.325 e. The van der Waals surface area contributed by atoms with Gasteiger partial charge in [-0.05, 0) is 56.2 Å². The van der Waals surface area contributed by atoms with Crippen molar-refractivity contribution in [3.63, 3.8) is 0 Å². The highest BCUT2D eigenvalue weighted by Gasteiger charge is 2.35. The van der Waals surface area contributed by atoms with Gasteiger partial charge in [0, 0.05) is 30.5 Å². The van der Waals surface area contributed by atoms with E-state index in [1.165, 1.54) is 5.56 Å². The van der Waals surface area contributed by atoms with Crippen molar-refractivity contribution in [1.29, 1.82) is 0 Å². The summed E-state index contributed by atoms with van der Waals surface area (Å²) in [6, 6.07) is 15.5. The number of amides is 3. The Morgan fingerprint density at radius 2 is 1.86 bits per heavy atom. The highest BCUT2D eigenvalue weighted by atomic mass is 16.5. The Morgan fingerprint density at radius 3 is 2.61 bits per heavy atom. The number of ether oxygens (including phenoxy) is 1. The lowest BCUT2D eigenvalue weighted by Gasteiger charge is -2.25. The van der Waals surface area contributed by atoms with Gasteiger partial charge in [-0.25, -0.2) is 4.79 Å². The van der Waals surface area contributed by atoms with E-state index < -0.39 is 0 Å². The average molecular weight is 379 g/mol. The molecule has 0 bridgehead atoms. The van der Waals surface area contributed by atoms with Gasteiger partial charge in [-0.3, -0.25) is 9.69 Å². The van der Waals surface area contributed by atoms with Crippen molar-refractivity contribution in [2.45, 2.75) is 26.3 Å². The first-order chi connectivity index (χ1) is 13.6. The van der Waals surface area contributed by atoms with Gasteiger partial charge in [-0.2, -0.15) is 0 Å². The molecule has 6 nitrogen and oxygen atoms in total. The van der Waals surface area contributed by atoms with E-state index >= 15 is 0 Å². The Hall–Kier alpha value is -3.02. The van der Waals surface area contributed by atoms with E-state index in [0.29, 0.717) is 19.7 Å². The van der Waals surface area contributed by atoms with Crippen molar-refractivity contribution < 1.29 is 14.3 Å². The summed E-state index contributed by atoms with van der Waals surface area (Å²) in [5.74, 6) is 0.756. The number of carbonyl (C=O) groups is 2. The highest BCUT2D eigenvalue weighted by Crippen LogP contribution is 2.32. The van der Waals surface area contributed by atoms with Crippen molar-refractivity contribution in [3.05, 3.63) is 54.1 Å². The van der Waals surface area contributed by atoms with Crippen molar-refractivity contribution in [2.24, 2.45) is 0 Å². The minimum Gasteiger partial charge on any atom is -0.494 e. The Kier molecular flexibility index (Phi) is 4.94. The molecule has 1 saturated heterocycles.